The molecule has 10 heteroatoms. The number of piperazine rings is 1. The van der Waals surface area contributed by atoms with E-state index < -0.39 is 17.9 Å². The quantitative estimate of drug-likeness (QED) is 0.608. The summed E-state index contributed by atoms with van der Waals surface area (Å²) in [5.74, 6) is 0.598. The first kappa shape index (κ1) is 23.8. The summed E-state index contributed by atoms with van der Waals surface area (Å²) < 4.78 is 40.1. The van der Waals surface area contributed by atoms with E-state index in [1.807, 2.05) is 22.4 Å². The van der Waals surface area contributed by atoms with Crippen LogP contribution in [0.25, 0.3) is 10.9 Å². The van der Waals surface area contributed by atoms with Gasteiger partial charge in [0.05, 0.1) is 17.4 Å². The van der Waals surface area contributed by atoms with Crippen molar-refractivity contribution in [3.63, 3.8) is 0 Å². The molecular formula is C23H28F3N5OS. The number of amides is 1. The largest absolute Gasteiger partial charge is 0.433 e. The van der Waals surface area contributed by atoms with Crippen LogP contribution in [0.1, 0.15) is 25.0 Å². The van der Waals surface area contributed by atoms with Crippen LogP contribution >= 0.6 is 11.8 Å². The number of para-hydroxylation sites is 1. The van der Waals surface area contributed by atoms with E-state index >= 15 is 0 Å². The van der Waals surface area contributed by atoms with Crippen molar-refractivity contribution in [2.75, 3.05) is 43.5 Å². The number of fused-ring (bicyclic) bond motifs is 1. The van der Waals surface area contributed by atoms with Gasteiger partial charge in [-0.25, -0.2) is 4.98 Å². The number of carbonyl (C=O) groups is 1. The van der Waals surface area contributed by atoms with Gasteiger partial charge in [-0.1, -0.05) is 24.6 Å². The minimum absolute atomic E-state index is 0.0346. The van der Waals surface area contributed by atoms with Crippen molar-refractivity contribution in [2.45, 2.75) is 31.5 Å². The second kappa shape index (κ2) is 10.3. The first-order valence-electron chi connectivity index (χ1n) is 11.1. The molecule has 2 aliphatic heterocycles. The topological polar surface area (TPSA) is 65.7 Å². The number of carbonyl (C=O) groups excluding carboxylic acids is 1. The molecule has 1 aromatic carbocycles. The molecule has 1 fully saturated rings. The van der Waals surface area contributed by atoms with Crippen LogP contribution in [0.4, 0.5) is 18.9 Å². The summed E-state index contributed by atoms with van der Waals surface area (Å²) in [6, 6.07) is 7.67. The van der Waals surface area contributed by atoms with Crippen molar-refractivity contribution in [3.8, 4) is 0 Å². The normalized spacial score (nSPS) is 18.3. The summed E-state index contributed by atoms with van der Waals surface area (Å²) in [4.78, 5) is 22.0. The van der Waals surface area contributed by atoms with Gasteiger partial charge in [-0.3, -0.25) is 9.69 Å². The Hall–Kier alpha value is -2.30. The van der Waals surface area contributed by atoms with Gasteiger partial charge in [0.15, 0.2) is 0 Å². The number of nitrogens with two attached hydrogens (primary N) is 1. The van der Waals surface area contributed by atoms with Crippen LogP contribution in [0.5, 0.6) is 0 Å². The molecule has 0 aliphatic carbocycles. The van der Waals surface area contributed by atoms with E-state index in [4.69, 9.17) is 5.73 Å². The lowest BCUT2D eigenvalue weighted by Crippen LogP contribution is -2.46. The van der Waals surface area contributed by atoms with Crippen molar-refractivity contribution in [1.29, 1.82) is 0 Å². The number of halogens is 3. The summed E-state index contributed by atoms with van der Waals surface area (Å²) in [5.41, 5.74) is 6.14. The van der Waals surface area contributed by atoms with E-state index in [2.05, 4.69) is 9.88 Å². The van der Waals surface area contributed by atoms with Gasteiger partial charge in [-0.2, -0.15) is 13.2 Å². The van der Waals surface area contributed by atoms with Crippen LogP contribution in [0.2, 0.25) is 0 Å². The predicted molar refractivity (Wildman–Crippen MR) is 126 cm³/mol. The molecule has 1 saturated heterocycles. The maximum absolute atomic E-state index is 13.4. The van der Waals surface area contributed by atoms with E-state index in [0.717, 1.165) is 37.9 Å². The number of unbranched alkanes of at least 4 members (excludes halogenated alkanes) is 1. The molecule has 0 radical (unpaired) electrons. The Morgan fingerprint density at radius 3 is 2.61 bits per heavy atom. The Labute approximate surface area is 195 Å². The Bertz CT molecular complexity index is 1010. The van der Waals surface area contributed by atoms with Gasteiger partial charge in [-0.05, 0) is 36.9 Å². The zero-order valence-corrected chi connectivity index (χ0v) is 19.1. The third kappa shape index (κ3) is 5.80. The van der Waals surface area contributed by atoms with Crippen LogP contribution < -0.4 is 10.6 Å². The summed E-state index contributed by atoms with van der Waals surface area (Å²) in [6.45, 7) is 3.75. The number of alkyl halides is 3. The molecule has 1 amide bonds. The number of nitrogens with zero attached hydrogens (tertiary/aromatic N) is 4. The summed E-state index contributed by atoms with van der Waals surface area (Å²) >= 11 is 1.58. The summed E-state index contributed by atoms with van der Waals surface area (Å²) in [7, 11) is 0. The van der Waals surface area contributed by atoms with Crippen LogP contribution in [0.3, 0.4) is 0 Å². The molecular weight excluding hydrogens is 451 g/mol. The Kier molecular flexibility index (Phi) is 7.45. The molecule has 2 aliphatic rings. The Morgan fingerprint density at radius 2 is 1.91 bits per heavy atom. The fourth-order valence-corrected chi connectivity index (χ4v) is 4.93. The molecule has 2 N–H and O–H groups in total. The molecule has 4 rings (SSSR count). The summed E-state index contributed by atoms with van der Waals surface area (Å²) in [6.07, 6.45) is -0.260. The van der Waals surface area contributed by atoms with Crippen LogP contribution in [-0.4, -0.2) is 65.3 Å². The van der Waals surface area contributed by atoms with Gasteiger partial charge in [0.1, 0.15) is 5.69 Å². The van der Waals surface area contributed by atoms with E-state index in [1.165, 1.54) is 6.07 Å². The molecule has 0 unspecified atom stereocenters. The number of hydrogen-bond donors (Lipinski definition) is 1. The summed E-state index contributed by atoms with van der Waals surface area (Å²) in [5, 5.41) is 2.63. The second-order valence-corrected chi connectivity index (χ2v) is 9.23. The molecule has 1 atom stereocenters. The third-order valence-corrected chi connectivity index (χ3v) is 6.83. The molecule has 0 saturated carbocycles. The smallest absolute Gasteiger partial charge is 0.368 e. The van der Waals surface area contributed by atoms with Gasteiger partial charge in [0.25, 0.3) is 0 Å². The lowest BCUT2D eigenvalue weighted by atomic mass is 10.1. The van der Waals surface area contributed by atoms with Crippen LogP contribution in [0, 0.1) is 0 Å². The molecule has 2 aromatic rings. The fourth-order valence-electron chi connectivity index (χ4n) is 4.23. The highest BCUT2D eigenvalue weighted by Gasteiger charge is 2.34. The average molecular weight is 480 g/mol. The molecule has 178 valence electrons. The average Bonchev–Trinajstić information content (AvgIpc) is 3.35. The first-order chi connectivity index (χ1) is 15.8. The predicted octanol–water partition coefficient (Wildman–Crippen LogP) is 3.88. The highest BCUT2D eigenvalue weighted by molar-refractivity contribution is 8.02. The SMILES string of the molecule is N[C@@H](CCCCN1CCN(c2cc(C(F)(F)F)nc3ccccc23)CC1)C(=O)N1C=CSC1. The number of rotatable bonds is 7. The molecule has 0 spiro atoms. The van der Waals surface area contributed by atoms with Crippen molar-refractivity contribution in [3.05, 3.63) is 47.6 Å². The number of pyridine rings is 1. The monoisotopic (exact) mass is 479 g/mol. The molecule has 0 bridgehead atoms. The zero-order valence-electron chi connectivity index (χ0n) is 18.3. The maximum atomic E-state index is 13.4. The lowest BCUT2D eigenvalue weighted by molar-refractivity contribution is -0.141. The minimum Gasteiger partial charge on any atom is -0.368 e. The van der Waals surface area contributed by atoms with Gasteiger partial charge >= 0.3 is 6.18 Å². The fraction of sp³-hybridized carbons (Fsp3) is 0.478. The van der Waals surface area contributed by atoms with Crippen LogP contribution in [0.15, 0.2) is 41.9 Å². The lowest BCUT2D eigenvalue weighted by Gasteiger charge is -2.36. The first-order valence-corrected chi connectivity index (χ1v) is 12.2. The molecule has 33 heavy (non-hydrogen) atoms. The maximum Gasteiger partial charge on any atom is 0.433 e. The number of aromatic nitrogens is 1. The van der Waals surface area contributed by atoms with E-state index in [1.54, 1.807) is 35.0 Å². The number of hydrogen-bond acceptors (Lipinski definition) is 6. The van der Waals surface area contributed by atoms with Crippen molar-refractivity contribution in [1.82, 2.24) is 14.8 Å². The van der Waals surface area contributed by atoms with Crippen molar-refractivity contribution < 1.29 is 18.0 Å². The van der Waals surface area contributed by atoms with E-state index in [0.29, 0.717) is 36.6 Å². The Morgan fingerprint density at radius 1 is 1.15 bits per heavy atom. The molecule has 3 heterocycles. The second-order valence-electron chi connectivity index (χ2n) is 8.36. The molecule has 6 nitrogen and oxygen atoms in total. The highest BCUT2D eigenvalue weighted by atomic mass is 32.2. The van der Waals surface area contributed by atoms with Gasteiger partial charge in [-0.15, -0.1) is 11.8 Å². The molecule has 1 aromatic heterocycles. The van der Waals surface area contributed by atoms with E-state index in [9.17, 15) is 18.0 Å². The van der Waals surface area contributed by atoms with Crippen molar-refractivity contribution in [2.24, 2.45) is 5.73 Å². The van der Waals surface area contributed by atoms with Gasteiger partial charge < -0.3 is 15.5 Å². The Balaban J connectivity index is 1.28. The standard InChI is InChI=1S/C23H28F3N5OS/c24-23(25,26)21-15-20(17-5-1-2-7-19(17)28-21)30-11-9-29(10-12-30)8-4-3-6-18(27)22(32)31-13-14-33-16-31/h1-2,5,7,13-15,18H,3-4,6,8-12,16,27H2/t18-/m0/s1. The number of anilines is 1. The number of thioether (sulfide) groups is 1. The van der Waals surface area contributed by atoms with Gasteiger partial charge in [0.2, 0.25) is 5.91 Å². The number of benzene rings is 1. The minimum atomic E-state index is -4.48. The van der Waals surface area contributed by atoms with Crippen LogP contribution in [-0.2, 0) is 11.0 Å². The zero-order chi connectivity index (χ0) is 23.4. The third-order valence-electron chi connectivity index (χ3n) is 6.09. The van der Waals surface area contributed by atoms with Gasteiger partial charge in [0, 0.05) is 43.5 Å². The van der Waals surface area contributed by atoms with Crippen molar-refractivity contribution >= 4 is 34.3 Å². The van der Waals surface area contributed by atoms with E-state index in [-0.39, 0.29) is 5.91 Å². The highest BCUT2D eigenvalue weighted by Crippen LogP contribution is 2.35.